The Morgan fingerprint density at radius 3 is 2.49 bits per heavy atom. The minimum atomic E-state index is -3.43. The SMILES string of the molecule is CCCCN1CCc2c(C)c(NS(C)(=O)=O)c(C)c(CC(C)(C)CNC(=O)c3ccccc3O)c21. The Balaban J connectivity index is 1.95. The second-order valence-corrected chi connectivity index (χ2v) is 12.2. The number of benzene rings is 2. The summed E-state index contributed by atoms with van der Waals surface area (Å²) in [6.45, 7) is 12.7. The van der Waals surface area contributed by atoms with Crippen molar-refractivity contribution in [1.82, 2.24) is 5.32 Å². The lowest BCUT2D eigenvalue weighted by Crippen LogP contribution is -2.36. The monoisotopic (exact) mass is 501 g/mol. The van der Waals surface area contributed by atoms with Gasteiger partial charge in [-0.1, -0.05) is 39.3 Å². The van der Waals surface area contributed by atoms with Crippen LogP contribution in [0.25, 0.3) is 0 Å². The molecule has 3 N–H and O–H groups in total. The third-order valence-corrected chi connectivity index (χ3v) is 7.35. The Kier molecular flexibility index (Phi) is 8.04. The number of unbranched alkanes of at least 4 members (excludes halogenated alkanes) is 1. The van der Waals surface area contributed by atoms with Gasteiger partial charge in [-0.25, -0.2) is 8.42 Å². The Morgan fingerprint density at radius 2 is 1.86 bits per heavy atom. The van der Waals surface area contributed by atoms with Crippen LogP contribution in [0.15, 0.2) is 24.3 Å². The average molecular weight is 502 g/mol. The van der Waals surface area contributed by atoms with Gasteiger partial charge >= 0.3 is 0 Å². The van der Waals surface area contributed by atoms with Crippen molar-refractivity contribution >= 4 is 27.3 Å². The number of para-hydroxylation sites is 1. The van der Waals surface area contributed by atoms with Gasteiger partial charge in [-0.3, -0.25) is 9.52 Å². The molecule has 1 aliphatic heterocycles. The van der Waals surface area contributed by atoms with Crippen molar-refractivity contribution in [2.75, 3.05) is 35.5 Å². The van der Waals surface area contributed by atoms with E-state index in [1.807, 2.05) is 13.8 Å². The number of phenolic OH excluding ortho intramolecular Hbond substituents is 1. The standard InChI is InChI=1S/C27H39N3O4S/c1-7-8-14-30-15-13-20-18(2)24(29-35(6,33)34)19(3)22(25(20)30)16-27(4,5)17-28-26(32)21-11-9-10-12-23(21)31/h9-12,29,31H,7-8,13-17H2,1-6H3,(H,28,32). The van der Waals surface area contributed by atoms with E-state index in [0.717, 1.165) is 49.0 Å². The normalized spacial score (nSPS) is 13.6. The molecular weight excluding hydrogens is 462 g/mol. The summed E-state index contributed by atoms with van der Waals surface area (Å²) in [4.78, 5) is 15.1. The number of rotatable bonds is 10. The highest BCUT2D eigenvalue weighted by Crippen LogP contribution is 2.43. The molecule has 7 nitrogen and oxygen atoms in total. The quantitative estimate of drug-likeness (QED) is 0.444. The minimum absolute atomic E-state index is 0.0435. The van der Waals surface area contributed by atoms with Crippen LogP contribution in [0.5, 0.6) is 5.75 Å². The lowest BCUT2D eigenvalue weighted by atomic mass is 9.81. The molecule has 1 heterocycles. The fraction of sp³-hybridized carbons (Fsp3) is 0.519. The van der Waals surface area contributed by atoms with E-state index in [1.54, 1.807) is 18.2 Å². The van der Waals surface area contributed by atoms with E-state index in [1.165, 1.54) is 23.6 Å². The number of fused-ring (bicyclic) bond motifs is 1. The molecule has 0 aliphatic carbocycles. The summed E-state index contributed by atoms with van der Waals surface area (Å²) >= 11 is 0. The predicted octanol–water partition coefficient (Wildman–Crippen LogP) is 4.54. The zero-order chi connectivity index (χ0) is 26.0. The second kappa shape index (κ2) is 10.5. The highest BCUT2D eigenvalue weighted by atomic mass is 32.2. The molecule has 0 saturated heterocycles. The molecular formula is C27H39N3O4S. The van der Waals surface area contributed by atoms with Crippen molar-refractivity contribution in [1.29, 1.82) is 0 Å². The molecule has 0 radical (unpaired) electrons. The van der Waals surface area contributed by atoms with Crippen LogP contribution in [-0.4, -0.2) is 45.3 Å². The molecule has 0 unspecified atom stereocenters. The average Bonchev–Trinajstić information content (AvgIpc) is 3.20. The second-order valence-electron chi connectivity index (χ2n) is 10.4. The van der Waals surface area contributed by atoms with Crippen molar-refractivity contribution < 1.29 is 18.3 Å². The van der Waals surface area contributed by atoms with Crippen LogP contribution in [0.3, 0.4) is 0 Å². The van der Waals surface area contributed by atoms with Crippen LogP contribution in [0.2, 0.25) is 0 Å². The number of phenols is 1. The van der Waals surface area contributed by atoms with E-state index in [2.05, 4.69) is 35.7 Å². The van der Waals surface area contributed by atoms with Crippen molar-refractivity contribution in [3.05, 3.63) is 52.1 Å². The maximum atomic E-state index is 12.7. The van der Waals surface area contributed by atoms with Gasteiger partial charge in [0.25, 0.3) is 5.91 Å². The van der Waals surface area contributed by atoms with Gasteiger partial charge in [-0.15, -0.1) is 0 Å². The number of carbonyl (C=O) groups is 1. The zero-order valence-corrected chi connectivity index (χ0v) is 22.6. The largest absolute Gasteiger partial charge is 0.507 e. The first-order valence-corrected chi connectivity index (χ1v) is 14.2. The third-order valence-electron chi connectivity index (χ3n) is 6.78. The van der Waals surface area contributed by atoms with E-state index in [9.17, 15) is 18.3 Å². The molecule has 0 spiro atoms. The maximum Gasteiger partial charge on any atom is 0.255 e. The van der Waals surface area contributed by atoms with Gasteiger partial charge in [0.1, 0.15) is 5.75 Å². The predicted molar refractivity (Wildman–Crippen MR) is 143 cm³/mol. The molecule has 3 rings (SSSR count). The van der Waals surface area contributed by atoms with Gasteiger partial charge in [-0.05, 0) is 72.9 Å². The fourth-order valence-electron chi connectivity index (χ4n) is 4.92. The summed E-state index contributed by atoms with van der Waals surface area (Å²) in [5.41, 5.74) is 6.12. The van der Waals surface area contributed by atoms with Crippen molar-refractivity contribution in [2.45, 2.75) is 60.3 Å². The van der Waals surface area contributed by atoms with Crippen molar-refractivity contribution in [3.8, 4) is 5.75 Å². The summed E-state index contributed by atoms with van der Waals surface area (Å²) < 4.78 is 27.1. The first kappa shape index (κ1) is 26.9. The number of hydrogen-bond donors (Lipinski definition) is 3. The number of amides is 1. The Bertz CT molecular complexity index is 1210. The lowest BCUT2D eigenvalue weighted by Gasteiger charge is -2.31. The van der Waals surface area contributed by atoms with Crippen molar-refractivity contribution in [3.63, 3.8) is 0 Å². The number of sulfonamides is 1. The van der Waals surface area contributed by atoms with Crippen LogP contribution >= 0.6 is 0 Å². The van der Waals surface area contributed by atoms with E-state index in [-0.39, 0.29) is 22.6 Å². The highest BCUT2D eigenvalue weighted by molar-refractivity contribution is 7.92. The first-order chi connectivity index (χ1) is 16.3. The molecule has 8 heteroatoms. The Labute approximate surface area is 210 Å². The highest BCUT2D eigenvalue weighted by Gasteiger charge is 2.32. The molecule has 1 amide bonds. The van der Waals surface area contributed by atoms with Gasteiger partial charge in [-0.2, -0.15) is 0 Å². The number of anilines is 2. The number of hydrogen-bond acceptors (Lipinski definition) is 5. The lowest BCUT2D eigenvalue weighted by molar-refractivity contribution is 0.0933. The number of aromatic hydroxyl groups is 1. The topological polar surface area (TPSA) is 98.7 Å². The smallest absolute Gasteiger partial charge is 0.255 e. The molecule has 0 bridgehead atoms. The van der Waals surface area contributed by atoms with Gasteiger partial charge in [0, 0.05) is 25.3 Å². The number of carbonyl (C=O) groups excluding carboxylic acids is 1. The van der Waals surface area contributed by atoms with E-state index >= 15 is 0 Å². The minimum Gasteiger partial charge on any atom is -0.507 e. The van der Waals surface area contributed by atoms with E-state index < -0.39 is 10.0 Å². The summed E-state index contributed by atoms with van der Waals surface area (Å²) in [5, 5.41) is 13.0. The van der Waals surface area contributed by atoms with Gasteiger partial charge in [0.2, 0.25) is 10.0 Å². The summed E-state index contributed by atoms with van der Waals surface area (Å²) in [6.07, 6.45) is 4.95. The van der Waals surface area contributed by atoms with Gasteiger partial charge in [0.15, 0.2) is 0 Å². The van der Waals surface area contributed by atoms with Crippen LogP contribution in [0, 0.1) is 19.3 Å². The molecule has 2 aromatic rings. The Morgan fingerprint density at radius 1 is 1.17 bits per heavy atom. The first-order valence-electron chi connectivity index (χ1n) is 12.3. The molecule has 0 saturated carbocycles. The fourth-order valence-corrected chi connectivity index (χ4v) is 5.59. The zero-order valence-electron chi connectivity index (χ0n) is 21.8. The molecule has 0 aromatic heterocycles. The molecule has 0 atom stereocenters. The number of nitrogens with one attached hydrogen (secondary N) is 2. The number of nitrogens with zero attached hydrogens (tertiary/aromatic N) is 1. The Hall–Kier alpha value is -2.74. The summed E-state index contributed by atoms with van der Waals surface area (Å²) in [6, 6.07) is 6.51. The maximum absolute atomic E-state index is 12.7. The molecule has 2 aromatic carbocycles. The molecule has 35 heavy (non-hydrogen) atoms. The van der Waals surface area contributed by atoms with Crippen molar-refractivity contribution in [2.24, 2.45) is 5.41 Å². The third kappa shape index (κ3) is 6.28. The van der Waals surface area contributed by atoms with E-state index in [4.69, 9.17) is 0 Å². The molecule has 1 aliphatic rings. The van der Waals surface area contributed by atoms with Crippen LogP contribution < -0.4 is 14.9 Å². The van der Waals surface area contributed by atoms with Gasteiger partial charge in [0.05, 0.1) is 17.5 Å². The molecule has 0 fully saturated rings. The summed E-state index contributed by atoms with van der Waals surface area (Å²) in [7, 11) is -3.43. The van der Waals surface area contributed by atoms with Crippen LogP contribution in [-0.2, 0) is 22.9 Å². The summed E-state index contributed by atoms with van der Waals surface area (Å²) in [5.74, 6) is -0.357. The van der Waals surface area contributed by atoms with Crippen LogP contribution in [0.4, 0.5) is 11.4 Å². The van der Waals surface area contributed by atoms with Crippen LogP contribution in [0.1, 0.15) is 66.2 Å². The van der Waals surface area contributed by atoms with Gasteiger partial charge < -0.3 is 15.3 Å². The van der Waals surface area contributed by atoms with E-state index in [0.29, 0.717) is 18.7 Å². The molecule has 192 valence electrons.